The van der Waals surface area contributed by atoms with Gasteiger partial charge >= 0.3 is 6.18 Å². The second-order valence-corrected chi connectivity index (χ2v) is 9.20. The lowest BCUT2D eigenvalue weighted by Crippen LogP contribution is -2.51. The highest BCUT2D eigenvalue weighted by molar-refractivity contribution is 5.96. The van der Waals surface area contributed by atoms with Crippen LogP contribution in [0.5, 0.6) is 5.75 Å². The molecule has 2 saturated heterocycles. The molecule has 2 atom stereocenters. The summed E-state index contributed by atoms with van der Waals surface area (Å²) in [4.78, 5) is 31.7. The van der Waals surface area contributed by atoms with Crippen LogP contribution in [0, 0.1) is 5.92 Å². The number of hydrogen-bond acceptors (Lipinski definition) is 4. The van der Waals surface area contributed by atoms with Crippen molar-refractivity contribution >= 4 is 11.8 Å². The molecule has 0 aliphatic carbocycles. The highest BCUT2D eigenvalue weighted by Crippen LogP contribution is 2.34. The van der Waals surface area contributed by atoms with Crippen LogP contribution in [-0.2, 0) is 11.0 Å². The summed E-state index contributed by atoms with van der Waals surface area (Å²) in [5.74, 6) is -0.363. The lowest BCUT2D eigenvalue weighted by atomic mass is 9.90. The molecule has 0 spiro atoms. The number of amides is 2. The van der Waals surface area contributed by atoms with Crippen molar-refractivity contribution in [2.24, 2.45) is 5.92 Å². The molecule has 0 unspecified atom stereocenters. The third kappa shape index (κ3) is 6.14. The van der Waals surface area contributed by atoms with Crippen molar-refractivity contribution in [3.05, 3.63) is 65.7 Å². The van der Waals surface area contributed by atoms with Gasteiger partial charge in [0.1, 0.15) is 11.9 Å². The van der Waals surface area contributed by atoms with E-state index in [4.69, 9.17) is 4.74 Å². The number of halogens is 3. The van der Waals surface area contributed by atoms with Gasteiger partial charge in [0.25, 0.3) is 5.91 Å². The number of carbonyl (C=O) groups is 2. The first kappa shape index (κ1) is 25.0. The predicted molar refractivity (Wildman–Crippen MR) is 125 cm³/mol. The molecule has 2 aromatic carbocycles. The van der Waals surface area contributed by atoms with Crippen molar-refractivity contribution < 1.29 is 27.5 Å². The number of piperazine rings is 1. The summed E-state index contributed by atoms with van der Waals surface area (Å²) in [5, 5.41) is 0. The molecule has 6 nitrogen and oxygen atoms in total. The first-order valence-electron chi connectivity index (χ1n) is 11.9. The van der Waals surface area contributed by atoms with Crippen molar-refractivity contribution in [3.8, 4) is 5.75 Å². The van der Waals surface area contributed by atoms with Gasteiger partial charge in [0.05, 0.1) is 11.1 Å². The van der Waals surface area contributed by atoms with Gasteiger partial charge < -0.3 is 19.4 Å². The molecule has 2 amide bonds. The van der Waals surface area contributed by atoms with E-state index in [1.54, 1.807) is 0 Å². The van der Waals surface area contributed by atoms with E-state index in [2.05, 4.69) is 4.90 Å². The van der Waals surface area contributed by atoms with Gasteiger partial charge in [-0.2, -0.15) is 13.2 Å². The number of para-hydroxylation sites is 1. The van der Waals surface area contributed by atoms with Gasteiger partial charge in [-0.3, -0.25) is 9.59 Å². The zero-order valence-electron chi connectivity index (χ0n) is 19.7. The zero-order valence-corrected chi connectivity index (χ0v) is 19.7. The van der Waals surface area contributed by atoms with Gasteiger partial charge in [0.15, 0.2) is 0 Å². The SMILES string of the molecule is CN1CCN(C(=O)C[C@H]2CN(C(=O)c3ccccc3C(F)(F)F)CC[C@@H]2Oc2ccccc2)CC1. The molecule has 0 aromatic heterocycles. The van der Waals surface area contributed by atoms with E-state index < -0.39 is 17.6 Å². The summed E-state index contributed by atoms with van der Waals surface area (Å²) < 4.78 is 46.7. The van der Waals surface area contributed by atoms with E-state index in [0.29, 0.717) is 25.3 Å². The highest BCUT2D eigenvalue weighted by atomic mass is 19.4. The minimum absolute atomic E-state index is 0.0187. The number of ether oxygens (including phenoxy) is 1. The fourth-order valence-electron chi connectivity index (χ4n) is 4.72. The maximum atomic E-state index is 13.5. The summed E-state index contributed by atoms with van der Waals surface area (Å²) in [6.45, 7) is 3.25. The normalized spacial score (nSPS) is 21.6. The molecule has 0 radical (unpaired) electrons. The van der Waals surface area contributed by atoms with Crippen LogP contribution in [0.15, 0.2) is 54.6 Å². The molecule has 4 rings (SSSR count). The lowest BCUT2D eigenvalue weighted by Gasteiger charge is -2.40. The maximum absolute atomic E-state index is 13.5. The predicted octanol–water partition coefficient (Wildman–Crippen LogP) is 3.78. The molecular weight excluding hydrogens is 459 g/mol. The number of likely N-dealkylation sites (tertiary alicyclic amines) is 1. The summed E-state index contributed by atoms with van der Waals surface area (Å²) in [6.07, 6.45) is -4.35. The molecule has 2 aliphatic rings. The van der Waals surface area contributed by atoms with E-state index in [0.717, 1.165) is 19.2 Å². The van der Waals surface area contributed by atoms with E-state index in [1.165, 1.54) is 23.1 Å². The fourth-order valence-corrected chi connectivity index (χ4v) is 4.72. The van der Waals surface area contributed by atoms with Gasteiger partial charge in [-0.15, -0.1) is 0 Å². The van der Waals surface area contributed by atoms with Crippen LogP contribution in [-0.4, -0.2) is 78.9 Å². The van der Waals surface area contributed by atoms with Crippen LogP contribution in [0.1, 0.15) is 28.8 Å². The Balaban J connectivity index is 1.52. The summed E-state index contributed by atoms with van der Waals surface area (Å²) in [6, 6.07) is 14.1. The van der Waals surface area contributed by atoms with Crippen LogP contribution < -0.4 is 4.74 Å². The Labute approximate surface area is 203 Å². The minimum Gasteiger partial charge on any atom is -0.490 e. The number of carbonyl (C=O) groups excluding carboxylic acids is 2. The van der Waals surface area contributed by atoms with E-state index in [1.807, 2.05) is 42.3 Å². The number of likely N-dealkylation sites (N-methyl/N-ethyl adjacent to an activating group) is 1. The van der Waals surface area contributed by atoms with Crippen LogP contribution in [0.2, 0.25) is 0 Å². The Kier molecular flexibility index (Phi) is 7.64. The maximum Gasteiger partial charge on any atom is 0.417 e. The third-order valence-electron chi connectivity index (χ3n) is 6.74. The van der Waals surface area contributed by atoms with E-state index in [-0.39, 0.29) is 43.0 Å². The molecule has 2 fully saturated rings. The molecule has 2 heterocycles. The topological polar surface area (TPSA) is 53.1 Å². The van der Waals surface area contributed by atoms with E-state index >= 15 is 0 Å². The number of rotatable bonds is 5. The average molecular weight is 490 g/mol. The number of benzene rings is 2. The average Bonchev–Trinajstić information content (AvgIpc) is 2.85. The number of nitrogens with zero attached hydrogens (tertiary/aromatic N) is 3. The monoisotopic (exact) mass is 489 g/mol. The van der Waals surface area contributed by atoms with Crippen molar-refractivity contribution in [2.75, 3.05) is 46.3 Å². The van der Waals surface area contributed by atoms with Gasteiger partial charge in [-0.05, 0) is 31.3 Å². The summed E-state index contributed by atoms with van der Waals surface area (Å²) >= 11 is 0. The molecule has 0 N–H and O–H groups in total. The summed E-state index contributed by atoms with van der Waals surface area (Å²) in [5.41, 5.74) is -1.32. The minimum atomic E-state index is -4.63. The van der Waals surface area contributed by atoms with Crippen LogP contribution in [0.3, 0.4) is 0 Å². The number of piperidine rings is 1. The Hall–Kier alpha value is -3.07. The second-order valence-electron chi connectivity index (χ2n) is 9.20. The quantitative estimate of drug-likeness (QED) is 0.642. The second kappa shape index (κ2) is 10.7. The first-order valence-corrected chi connectivity index (χ1v) is 11.9. The van der Waals surface area contributed by atoms with Gasteiger partial charge in [-0.1, -0.05) is 30.3 Å². The van der Waals surface area contributed by atoms with Crippen molar-refractivity contribution in [1.29, 1.82) is 0 Å². The molecule has 2 aliphatic heterocycles. The fraction of sp³-hybridized carbons (Fsp3) is 0.462. The van der Waals surface area contributed by atoms with Crippen molar-refractivity contribution in [2.45, 2.75) is 25.1 Å². The van der Waals surface area contributed by atoms with Gasteiger partial charge in [0, 0.05) is 58.0 Å². The van der Waals surface area contributed by atoms with Gasteiger partial charge in [-0.25, -0.2) is 0 Å². The number of alkyl halides is 3. The van der Waals surface area contributed by atoms with Crippen LogP contribution in [0.25, 0.3) is 0 Å². The van der Waals surface area contributed by atoms with Crippen molar-refractivity contribution in [1.82, 2.24) is 14.7 Å². The van der Waals surface area contributed by atoms with Crippen LogP contribution in [0.4, 0.5) is 13.2 Å². The van der Waals surface area contributed by atoms with Crippen molar-refractivity contribution in [3.63, 3.8) is 0 Å². The third-order valence-corrected chi connectivity index (χ3v) is 6.74. The number of hydrogen-bond donors (Lipinski definition) is 0. The molecule has 0 saturated carbocycles. The zero-order chi connectivity index (χ0) is 25.0. The van der Waals surface area contributed by atoms with Crippen LogP contribution >= 0.6 is 0 Å². The molecule has 9 heteroatoms. The molecule has 35 heavy (non-hydrogen) atoms. The molecule has 188 valence electrons. The molecular formula is C26H30F3N3O3. The Bertz CT molecular complexity index is 1020. The first-order chi connectivity index (χ1) is 16.7. The summed E-state index contributed by atoms with van der Waals surface area (Å²) in [7, 11) is 2.01. The lowest BCUT2D eigenvalue weighted by molar-refractivity contribution is -0.138. The highest BCUT2D eigenvalue weighted by Gasteiger charge is 2.39. The Morgan fingerprint density at radius 2 is 1.57 bits per heavy atom. The Morgan fingerprint density at radius 1 is 0.914 bits per heavy atom. The van der Waals surface area contributed by atoms with E-state index in [9.17, 15) is 22.8 Å². The molecule has 2 aromatic rings. The largest absolute Gasteiger partial charge is 0.490 e. The smallest absolute Gasteiger partial charge is 0.417 e. The Morgan fingerprint density at radius 3 is 2.26 bits per heavy atom. The molecule has 0 bridgehead atoms. The standard InChI is InChI=1S/C26H30F3N3O3/c1-30-13-15-31(16-14-30)24(33)17-19-18-32(12-11-23(19)35-20-7-3-2-4-8-20)25(34)21-9-5-6-10-22(21)26(27,28)29/h2-10,19,23H,11-18H2,1H3/t19-,23-/m0/s1. The van der Waals surface area contributed by atoms with Gasteiger partial charge in [0.2, 0.25) is 5.91 Å².